The third-order valence-electron chi connectivity index (χ3n) is 5.21. The van der Waals surface area contributed by atoms with Crippen molar-refractivity contribution in [2.45, 2.75) is 31.3 Å². The molecule has 1 fully saturated rings. The SMILES string of the molecule is COc1ccc(CCN[C@H]2C[C@H](Nc3nccc4ccc(Cl)cc34)C2)cc1. The van der Waals surface area contributed by atoms with Gasteiger partial charge in [0.2, 0.25) is 0 Å². The Kier molecular flexibility index (Phi) is 5.46. The molecule has 5 heteroatoms. The first-order chi connectivity index (χ1) is 13.2. The summed E-state index contributed by atoms with van der Waals surface area (Å²) >= 11 is 6.15. The summed E-state index contributed by atoms with van der Waals surface area (Å²) in [6, 6.07) is 17.3. The van der Waals surface area contributed by atoms with Crippen LogP contribution in [-0.4, -0.2) is 30.7 Å². The lowest BCUT2D eigenvalue weighted by atomic mass is 9.86. The number of anilines is 1. The summed E-state index contributed by atoms with van der Waals surface area (Å²) in [5, 5.41) is 10.2. The summed E-state index contributed by atoms with van der Waals surface area (Å²) in [4.78, 5) is 4.51. The maximum Gasteiger partial charge on any atom is 0.134 e. The molecule has 0 unspecified atom stereocenters. The van der Waals surface area contributed by atoms with Crippen molar-refractivity contribution in [3.05, 3.63) is 65.3 Å². The topological polar surface area (TPSA) is 46.2 Å². The molecule has 1 aliphatic carbocycles. The molecule has 1 heterocycles. The van der Waals surface area contributed by atoms with Crippen molar-refractivity contribution in [3.63, 3.8) is 0 Å². The molecule has 1 saturated carbocycles. The summed E-state index contributed by atoms with van der Waals surface area (Å²) in [6.07, 6.45) is 5.10. The van der Waals surface area contributed by atoms with Crippen molar-refractivity contribution in [1.29, 1.82) is 0 Å². The zero-order valence-corrected chi connectivity index (χ0v) is 16.2. The van der Waals surface area contributed by atoms with E-state index in [1.807, 2.05) is 42.6 Å². The van der Waals surface area contributed by atoms with Gasteiger partial charge in [-0.2, -0.15) is 0 Å². The first kappa shape index (κ1) is 18.1. The maximum atomic E-state index is 6.15. The minimum Gasteiger partial charge on any atom is -0.497 e. The number of hydrogen-bond acceptors (Lipinski definition) is 4. The predicted molar refractivity (Wildman–Crippen MR) is 112 cm³/mol. The molecule has 1 aliphatic rings. The number of ether oxygens (including phenoxy) is 1. The van der Waals surface area contributed by atoms with Gasteiger partial charge < -0.3 is 15.4 Å². The quantitative estimate of drug-likeness (QED) is 0.624. The maximum absolute atomic E-state index is 6.15. The monoisotopic (exact) mass is 381 g/mol. The molecule has 0 radical (unpaired) electrons. The van der Waals surface area contributed by atoms with Crippen LogP contribution in [0.2, 0.25) is 5.02 Å². The second-order valence-electron chi connectivity index (χ2n) is 7.09. The molecular weight excluding hydrogens is 358 g/mol. The normalized spacial score (nSPS) is 18.9. The van der Waals surface area contributed by atoms with Crippen molar-refractivity contribution in [1.82, 2.24) is 10.3 Å². The van der Waals surface area contributed by atoms with Gasteiger partial charge in [0.05, 0.1) is 7.11 Å². The third kappa shape index (κ3) is 4.34. The molecule has 4 nitrogen and oxygen atoms in total. The molecular formula is C22H24ClN3O. The fourth-order valence-corrected chi connectivity index (χ4v) is 3.74. The summed E-state index contributed by atoms with van der Waals surface area (Å²) in [7, 11) is 1.69. The highest BCUT2D eigenvalue weighted by Crippen LogP contribution is 2.29. The Labute approximate surface area is 164 Å². The molecule has 0 bridgehead atoms. The number of benzene rings is 2. The largest absolute Gasteiger partial charge is 0.497 e. The second kappa shape index (κ2) is 8.15. The van der Waals surface area contributed by atoms with Crippen LogP contribution in [0.5, 0.6) is 5.75 Å². The lowest BCUT2D eigenvalue weighted by molar-refractivity contribution is 0.310. The zero-order valence-electron chi connectivity index (χ0n) is 15.4. The molecule has 0 amide bonds. The van der Waals surface area contributed by atoms with Crippen molar-refractivity contribution in [3.8, 4) is 5.75 Å². The van der Waals surface area contributed by atoms with Crippen LogP contribution < -0.4 is 15.4 Å². The van der Waals surface area contributed by atoms with Crippen LogP contribution >= 0.6 is 11.6 Å². The Morgan fingerprint density at radius 2 is 1.89 bits per heavy atom. The van der Waals surface area contributed by atoms with E-state index in [9.17, 15) is 0 Å². The molecule has 27 heavy (non-hydrogen) atoms. The average Bonchev–Trinajstić information content (AvgIpc) is 2.66. The van der Waals surface area contributed by atoms with Gasteiger partial charge in [-0.15, -0.1) is 0 Å². The number of rotatable bonds is 7. The van der Waals surface area contributed by atoms with Crippen LogP contribution in [0.4, 0.5) is 5.82 Å². The lowest BCUT2D eigenvalue weighted by Crippen LogP contribution is -2.48. The lowest BCUT2D eigenvalue weighted by Gasteiger charge is -2.37. The Bertz CT molecular complexity index is 907. The average molecular weight is 382 g/mol. The summed E-state index contributed by atoms with van der Waals surface area (Å²) in [5.74, 6) is 1.83. The van der Waals surface area contributed by atoms with E-state index in [0.717, 1.165) is 53.2 Å². The van der Waals surface area contributed by atoms with Gasteiger partial charge in [-0.1, -0.05) is 29.8 Å². The molecule has 0 atom stereocenters. The number of halogens is 1. The highest BCUT2D eigenvalue weighted by Gasteiger charge is 2.29. The number of aromatic nitrogens is 1. The summed E-state index contributed by atoms with van der Waals surface area (Å²) < 4.78 is 5.20. The van der Waals surface area contributed by atoms with Gasteiger partial charge in [-0.05, 0) is 67.1 Å². The molecule has 0 spiro atoms. The highest BCUT2D eigenvalue weighted by atomic mass is 35.5. The van der Waals surface area contributed by atoms with Gasteiger partial charge in [0, 0.05) is 28.7 Å². The van der Waals surface area contributed by atoms with Gasteiger partial charge in [0.25, 0.3) is 0 Å². The van der Waals surface area contributed by atoms with Crippen LogP contribution in [0.1, 0.15) is 18.4 Å². The Morgan fingerprint density at radius 3 is 2.67 bits per heavy atom. The Balaban J connectivity index is 1.25. The van der Waals surface area contributed by atoms with E-state index in [1.54, 1.807) is 7.11 Å². The molecule has 0 saturated heterocycles. The standard InChI is InChI=1S/C22H24ClN3O/c1-27-20-6-2-15(3-7-20)8-10-24-18-13-19(14-18)26-22-21-12-17(23)5-4-16(21)9-11-25-22/h2-7,9,11-12,18-19,24H,8,10,13-14H2,1H3,(H,25,26)/t18-,19-. The van der Waals surface area contributed by atoms with Crippen LogP contribution in [0.3, 0.4) is 0 Å². The van der Waals surface area contributed by atoms with E-state index in [1.165, 1.54) is 5.56 Å². The summed E-state index contributed by atoms with van der Waals surface area (Å²) in [5.41, 5.74) is 1.33. The van der Waals surface area contributed by atoms with Crippen LogP contribution in [0, 0.1) is 0 Å². The number of methoxy groups -OCH3 is 1. The first-order valence-electron chi connectivity index (χ1n) is 9.38. The van der Waals surface area contributed by atoms with Gasteiger partial charge in [0.15, 0.2) is 0 Å². The van der Waals surface area contributed by atoms with Gasteiger partial charge in [0.1, 0.15) is 11.6 Å². The van der Waals surface area contributed by atoms with E-state index in [-0.39, 0.29) is 0 Å². The van der Waals surface area contributed by atoms with Crippen molar-refractivity contribution in [2.24, 2.45) is 0 Å². The van der Waals surface area contributed by atoms with Crippen molar-refractivity contribution >= 4 is 28.2 Å². The van der Waals surface area contributed by atoms with Crippen LogP contribution in [0.25, 0.3) is 10.8 Å². The van der Waals surface area contributed by atoms with Crippen molar-refractivity contribution in [2.75, 3.05) is 19.0 Å². The minimum atomic E-state index is 0.459. The highest BCUT2D eigenvalue weighted by molar-refractivity contribution is 6.31. The van der Waals surface area contributed by atoms with Gasteiger partial charge in [-0.25, -0.2) is 4.98 Å². The van der Waals surface area contributed by atoms with E-state index < -0.39 is 0 Å². The van der Waals surface area contributed by atoms with E-state index in [0.29, 0.717) is 12.1 Å². The summed E-state index contributed by atoms with van der Waals surface area (Å²) in [6.45, 7) is 0.992. The molecule has 2 N–H and O–H groups in total. The minimum absolute atomic E-state index is 0.459. The number of hydrogen-bond donors (Lipinski definition) is 2. The fraction of sp³-hybridized carbons (Fsp3) is 0.318. The smallest absolute Gasteiger partial charge is 0.134 e. The van der Waals surface area contributed by atoms with Crippen LogP contribution in [-0.2, 0) is 6.42 Å². The second-order valence-corrected chi connectivity index (χ2v) is 7.52. The predicted octanol–water partition coefficient (Wildman–Crippen LogP) is 4.67. The number of pyridine rings is 1. The van der Waals surface area contributed by atoms with E-state index in [4.69, 9.17) is 16.3 Å². The molecule has 1 aromatic heterocycles. The molecule has 3 aromatic rings. The van der Waals surface area contributed by atoms with Crippen molar-refractivity contribution < 1.29 is 4.74 Å². The van der Waals surface area contributed by atoms with E-state index in [2.05, 4.69) is 27.8 Å². The van der Waals surface area contributed by atoms with Crippen LogP contribution in [0.15, 0.2) is 54.7 Å². The molecule has 2 aromatic carbocycles. The number of fused-ring (bicyclic) bond motifs is 1. The molecule has 140 valence electrons. The number of nitrogens with zero attached hydrogens (tertiary/aromatic N) is 1. The molecule has 4 rings (SSSR count). The van der Waals surface area contributed by atoms with E-state index >= 15 is 0 Å². The Morgan fingerprint density at radius 1 is 1.07 bits per heavy atom. The molecule has 0 aliphatic heterocycles. The third-order valence-corrected chi connectivity index (χ3v) is 5.45. The van der Waals surface area contributed by atoms with Gasteiger partial charge >= 0.3 is 0 Å². The van der Waals surface area contributed by atoms with Gasteiger partial charge in [-0.3, -0.25) is 0 Å². The fourth-order valence-electron chi connectivity index (χ4n) is 3.56. The Hall–Kier alpha value is -2.30. The number of nitrogens with one attached hydrogen (secondary N) is 2. The first-order valence-corrected chi connectivity index (χ1v) is 9.76. The zero-order chi connectivity index (χ0) is 18.6.